The molecule has 0 atom stereocenters. The van der Waals surface area contributed by atoms with Crippen LogP contribution in [0.4, 0.5) is 0 Å². The lowest BCUT2D eigenvalue weighted by Crippen LogP contribution is -1.85. The first-order chi connectivity index (χ1) is 20.2. The van der Waals surface area contributed by atoms with Crippen molar-refractivity contribution < 1.29 is 8.83 Å². The highest BCUT2D eigenvalue weighted by molar-refractivity contribution is 6.31. The average Bonchev–Trinajstić information content (AvgIpc) is 3.72. The van der Waals surface area contributed by atoms with Crippen LogP contribution >= 0.6 is 0 Å². The molecule has 3 heteroatoms. The van der Waals surface area contributed by atoms with Gasteiger partial charge in [-0.25, -0.2) is 0 Å². The molecule has 0 aliphatic heterocycles. The van der Waals surface area contributed by atoms with Gasteiger partial charge in [-0.1, -0.05) is 72.3 Å². The van der Waals surface area contributed by atoms with Gasteiger partial charge in [0.05, 0.1) is 16.6 Å². The molecule has 0 amide bonds. The van der Waals surface area contributed by atoms with Gasteiger partial charge in [0, 0.05) is 43.1 Å². The Bertz CT molecular complexity index is 2560. The highest BCUT2D eigenvalue weighted by atomic mass is 16.3. The monoisotopic (exact) mass is 525 g/mol. The summed E-state index contributed by atoms with van der Waals surface area (Å²) >= 11 is 0. The summed E-state index contributed by atoms with van der Waals surface area (Å²) in [6.45, 7) is 4.36. The predicted octanol–water partition coefficient (Wildman–Crippen LogP) is 10.9. The van der Waals surface area contributed by atoms with E-state index >= 15 is 0 Å². The minimum absolute atomic E-state index is 0.907. The minimum atomic E-state index is 0.907. The summed E-state index contributed by atoms with van der Waals surface area (Å²) < 4.78 is 15.7. The second-order valence-corrected chi connectivity index (χ2v) is 11.4. The molecule has 41 heavy (non-hydrogen) atoms. The predicted molar refractivity (Wildman–Crippen MR) is 171 cm³/mol. The zero-order valence-corrected chi connectivity index (χ0v) is 22.6. The topological polar surface area (TPSA) is 30.7 Å². The number of nitrogens with zero attached hydrogens (tertiary/aromatic N) is 1. The van der Waals surface area contributed by atoms with Gasteiger partial charge in [-0.05, 0) is 66.9 Å². The molecular weight excluding hydrogens is 502 g/mol. The molecule has 0 saturated carbocycles. The van der Waals surface area contributed by atoms with Crippen molar-refractivity contribution in [3.8, 4) is 11.1 Å². The molecule has 0 unspecified atom stereocenters. The Morgan fingerprint density at radius 1 is 0.463 bits per heavy atom. The van der Waals surface area contributed by atoms with Crippen LogP contribution in [0.2, 0.25) is 0 Å². The largest absolute Gasteiger partial charge is 0.454 e. The van der Waals surface area contributed by atoms with Crippen LogP contribution in [0.5, 0.6) is 0 Å². The maximum absolute atomic E-state index is 6.64. The van der Waals surface area contributed by atoms with Crippen LogP contribution in [-0.4, -0.2) is 4.40 Å². The third-order valence-electron chi connectivity index (χ3n) is 9.10. The average molecular weight is 526 g/mol. The van der Waals surface area contributed by atoms with Crippen molar-refractivity contribution in [1.82, 2.24) is 4.40 Å². The molecule has 10 aromatic rings. The van der Waals surface area contributed by atoms with E-state index in [2.05, 4.69) is 109 Å². The summed E-state index contributed by atoms with van der Waals surface area (Å²) in [5.41, 5.74) is 12.1. The Labute approximate surface area is 234 Å². The first kappa shape index (κ1) is 21.5. The van der Waals surface area contributed by atoms with E-state index in [1.807, 2.05) is 12.1 Å². The van der Waals surface area contributed by atoms with Gasteiger partial charge in [-0.2, -0.15) is 0 Å². The van der Waals surface area contributed by atoms with Crippen molar-refractivity contribution in [2.45, 2.75) is 13.8 Å². The van der Waals surface area contributed by atoms with Gasteiger partial charge in [0.1, 0.15) is 11.2 Å². The molecule has 0 fully saturated rings. The molecule has 192 valence electrons. The number of hydrogen-bond acceptors (Lipinski definition) is 2. The Kier molecular flexibility index (Phi) is 3.81. The Morgan fingerprint density at radius 2 is 1.00 bits per heavy atom. The molecule has 0 N–H and O–H groups in total. The summed E-state index contributed by atoms with van der Waals surface area (Å²) in [5.74, 6) is 0. The number of aromatic nitrogens is 1. The summed E-state index contributed by atoms with van der Waals surface area (Å²) in [7, 11) is 0. The minimum Gasteiger partial charge on any atom is -0.454 e. The summed E-state index contributed by atoms with van der Waals surface area (Å²) in [6.07, 6.45) is 0. The van der Waals surface area contributed by atoms with Crippen LogP contribution in [0.3, 0.4) is 0 Å². The molecule has 0 bridgehead atoms. The first-order valence-corrected chi connectivity index (χ1v) is 14.1. The SMILES string of the molecule is Cc1ccc(-c2cc3c4ccc5c6ccccc6oc5c4n4c3c(c2)c2ccc3c5ccccc5oc3c24)c(C)c1. The first-order valence-electron chi connectivity index (χ1n) is 14.1. The molecule has 10 rings (SSSR count). The van der Waals surface area contributed by atoms with E-state index in [1.165, 1.54) is 49.3 Å². The maximum atomic E-state index is 6.64. The van der Waals surface area contributed by atoms with Crippen molar-refractivity contribution in [2.75, 3.05) is 0 Å². The number of fused-ring (bicyclic) bond motifs is 14. The third-order valence-corrected chi connectivity index (χ3v) is 9.10. The zero-order valence-electron chi connectivity index (χ0n) is 22.6. The Balaban J connectivity index is 1.50. The number of benzene rings is 6. The van der Waals surface area contributed by atoms with Gasteiger partial charge in [0.15, 0.2) is 11.2 Å². The number of aryl methyl sites for hydroxylation is 2. The number of para-hydroxylation sites is 2. The van der Waals surface area contributed by atoms with E-state index in [0.717, 1.165) is 54.9 Å². The van der Waals surface area contributed by atoms with Crippen LogP contribution in [0.1, 0.15) is 11.1 Å². The smallest absolute Gasteiger partial charge is 0.160 e. The second kappa shape index (κ2) is 7.26. The Morgan fingerprint density at radius 3 is 1.56 bits per heavy atom. The van der Waals surface area contributed by atoms with Crippen LogP contribution in [0.15, 0.2) is 112 Å². The van der Waals surface area contributed by atoms with Crippen LogP contribution in [-0.2, 0) is 0 Å². The van der Waals surface area contributed by atoms with Gasteiger partial charge in [-0.3, -0.25) is 0 Å². The van der Waals surface area contributed by atoms with E-state index in [1.54, 1.807) is 0 Å². The van der Waals surface area contributed by atoms with Crippen LogP contribution < -0.4 is 0 Å². The van der Waals surface area contributed by atoms with E-state index in [4.69, 9.17) is 8.83 Å². The lowest BCUT2D eigenvalue weighted by molar-refractivity contribution is 0.670. The molecule has 0 saturated heterocycles. The number of hydrogen-bond donors (Lipinski definition) is 0. The Hall–Kier alpha value is -5.28. The molecular formula is C38H23NO2. The van der Waals surface area contributed by atoms with Crippen molar-refractivity contribution in [3.63, 3.8) is 0 Å². The summed E-state index contributed by atoms with van der Waals surface area (Å²) in [5, 5.41) is 9.39. The fourth-order valence-corrected chi connectivity index (χ4v) is 7.34. The maximum Gasteiger partial charge on any atom is 0.160 e. The van der Waals surface area contributed by atoms with E-state index in [-0.39, 0.29) is 0 Å². The van der Waals surface area contributed by atoms with E-state index in [9.17, 15) is 0 Å². The molecule has 4 aromatic heterocycles. The molecule has 0 spiro atoms. The molecule has 4 heterocycles. The van der Waals surface area contributed by atoms with Crippen molar-refractivity contribution in [3.05, 3.63) is 114 Å². The van der Waals surface area contributed by atoms with Gasteiger partial charge in [0.2, 0.25) is 0 Å². The number of furan rings is 2. The normalized spacial score (nSPS) is 12.6. The molecule has 0 aliphatic rings. The summed E-state index contributed by atoms with van der Waals surface area (Å²) in [6, 6.07) is 37.1. The quantitative estimate of drug-likeness (QED) is 0.213. The van der Waals surface area contributed by atoms with Crippen molar-refractivity contribution in [2.24, 2.45) is 0 Å². The van der Waals surface area contributed by atoms with Crippen LogP contribution in [0.25, 0.3) is 93.1 Å². The lowest BCUT2D eigenvalue weighted by atomic mass is 9.95. The van der Waals surface area contributed by atoms with Gasteiger partial charge < -0.3 is 13.2 Å². The van der Waals surface area contributed by atoms with Gasteiger partial charge in [0.25, 0.3) is 0 Å². The molecule has 0 radical (unpaired) electrons. The van der Waals surface area contributed by atoms with Crippen LogP contribution in [0, 0.1) is 13.8 Å². The van der Waals surface area contributed by atoms with Crippen molar-refractivity contribution >= 4 is 82.0 Å². The fraction of sp³-hybridized carbons (Fsp3) is 0.0526. The second-order valence-electron chi connectivity index (χ2n) is 11.4. The fourth-order valence-electron chi connectivity index (χ4n) is 7.34. The van der Waals surface area contributed by atoms with E-state index in [0.29, 0.717) is 0 Å². The van der Waals surface area contributed by atoms with Crippen molar-refractivity contribution in [1.29, 1.82) is 0 Å². The van der Waals surface area contributed by atoms with Gasteiger partial charge in [-0.15, -0.1) is 0 Å². The molecule has 3 nitrogen and oxygen atoms in total. The highest BCUT2D eigenvalue weighted by Crippen LogP contribution is 2.47. The number of rotatable bonds is 1. The molecule has 6 aromatic carbocycles. The zero-order chi connectivity index (χ0) is 27.0. The summed E-state index contributed by atoms with van der Waals surface area (Å²) in [4.78, 5) is 0. The van der Waals surface area contributed by atoms with Gasteiger partial charge >= 0.3 is 0 Å². The van der Waals surface area contributed by atoms with E-state index < -0.39 is 0 Å². The molecule has 0 aliphatic carbocycles. The lowest BCUT2D eigenvalue weighted by Gasteiger charge is -2.08. The third kappa shape index (κ3) is 2.59. The standard InChI is InChI=1S/C38H23NO2/c1-20-11-12-23(21(2)17-20)22-18-30-26-13-15-28-24-7-3-5-9-32(24)40-37(28)35(26)39-34(30)31(19-22)27-14-16-29-25-8-4-6-10-33(25)41-38(29)36(27)39/h3-19H,1-2H3. The highest BCUT2D eigenvalue weighted by Gasteiger charge is 2.25.